The van der Waals surface area contributed by atoms with Crippen molar-refractivity contribution < 1.29 is 22.7 Å². The second kappa shape index (κ2) is 9.54. The molecule has 186 valence electrons. The minimum Gasteiger partial charge on any atom is -0.379 e. The minimum atomic E-state index is -4.37. The number of aromatic nitrogens is 1. The first kappa shape index (κ1) is 23.7. The number of anilines is 1. The summed E-state index contributed by atoms with van der Waals surface area (Å²) < 4.78 is 46.7. The first-order valence-corrected chi connectivity index (χ1v) is 11.9. The Hall–Kier alpha value is -3.04. The summed E-state index contributed by atoms with van der Waals surface area (Å²) in [4.78, 5) is 17.0. The van der Waals surface area contributed by atoms with Crippen LogP contribution in [0.15, 0.2) is 48.7 Å². The molecule has 0 aliphatic carbocycles. The predicted octanol–water partition coefficient (Wildman–Crippen LogP) is 3.84. The molecule has 2 saturated heterocycles. The van der Waals surface area contributed by atoms with Gasteiger partial charge in [-0.05, 0) is 48.9 Å². The van der Waals surface area contributed by atoms with Gasteiger partial charge in [0.1, 0.15) is 0 Å². The summed E-state index contributed by atoms with van der Waals surface area (Å²) in [6.45, 7) is 7.89. The number of benzene rings is 2. The van der Waals surface area contributed by atoms with Crippen molar-refractivity contribution >= 4 is 22.5 Å². The van der Waals surface area contributed by atoms with Crippen molar-refractivity contribution in [3.05, 3.63) is 59.8 Å². The van der Waals surface area contributed by atoms with Gasteiger partial charge in [0.15, 0.2) is 0 Å². The number of morpholine rings is 1. The van der Waals surface area contributed by atoms with Crippen LogP contribution >= 0.6 is 0 Å². The van der Waals surface area contributed by atoms with Crippen LogP contribution in [0.5, 0.6) is 0 Å². The number of nitrogens with one attached hydrogen (secondary N) is 1. The van der Waals surface area contributed by atoms with Crippen LogP contribution in [0.3, 0.4) is 0 Å². The fourth-order valence-corrected chi connectivity index (χ4v) is 4.79. The zero-order valence-corrected chi connectivity index (χ0v) is 19.6. The van der Waals surface area contributed by atoms with Gasteiger partial charge >= 0.3 is 6.18 Å². The number of nitrogens with zero attached hydrogens (tertiary/aromatic N) is 3. The molecule has 2 aromatic carbocycles. The molecule has 0 spiro atoms. The van der Waals surface area contributed by atoms with E-state index in [9.17, 15) is 18.0 Å². The molecule has 9 heteroatoms. The van der Waals surface area contributed by atoms with Crippen LogP contribution in [0.2, 0.25) is 0 Å². The molecule has 5 rings (SSSR count). The number of halogens is 3. The van der Waals surface area contributed by atoms with Gasteiger partial charge in [-0.3, -0.25) is 9.69 Å². The highest BCUT2D eigenvalue weighted by atomic mass is 19.4. The number of alkyl halides is 3. The molecule has 6 nitrogen and oxygen atoms in total. The van der Waals surface area contributed by atoms with Crippen LogP contribution in [0.25, 0.3) is 16.6 Å². The molecule has 1 N–H and O–H groups in total. The van der Waals surface area contributed by atoms with Crippen LogP contribution in [-0.2, 0) is 15.7 Å². The van der Waals surface area contributed by atoms with Gasteiger partial charge in [-0.25, -0.2) is 0 Å². The number of amides is 1. The predicted molar refractivity (Wildman–Crippen MR) is 129 cm³/mol. The van der Waals surface area contributed by atoms with Gasteiger partial charge in [0.25, 0.3) is 0 Å². The molecular formula is C26H29F3N4O2. The zero-order chi connectivity index (χ0) is 24.6. The summed E-state index contributed by atoms with van der Waals surface area (Å²) >= 11 is 0. The van der Waals surface area contributed by atoms with Gasteiger partial charge < -0.3 is 19.5 Å². The smallest absolute Gasteiger partial charge is 0.379 e. The summed E-state index contributed by atoms with van der Waals surface area (Å²) in [5.74, 6) is 0.0388. The summed E-state index contributed by atoms with van der Waals surface area (Å²) in [6.07, 6.45) is -2.50. The molecule has 3 aromatic rings. The number of ether oxygens (including phenoxy) is 1. The number of hydrogen-bond acceptors (Lipinski definition) is 4. The first-order chi connectivity index (χ1) is 16.8. The van der Waals surface area contributed by atoms with Crippen LogP contribution in [0, 0.1) is 12.8 Å². The molecule has 35 heavy (non-hydrogen) atoms. The van der Waals surface area contributed by atoms with Crippen molar-refractivity contribution in [3.8, 4) is 5.69 Å². The molecule has 0 unspecified atom stereocenters. The van der Waals surface area contributed by atoms with Crippen molar-refractivity contribution in [2.45, 2.75) is 13.1 Å². The van der Waals surface area contributed by atoms with Gasteiger partial charge in [0.2, 0.25) is 5.91 Å². The number of rotatable bonds is 6. The van der Waals surface area contributed by atoms with Crippen LogP contribution in [-0.4, -0.2) is 67.9 Å². The SMILES string of the molecule is Cc1cn(-c2cccc(N3CC(C(=O)NCCN4CCOCC4)C3)c2)c2ccc(C(F)(F)F)cc12. The minimum absolute atomic E-state index is 0.0428. The van der Waals surface area contributed by atoms with Crippen molar-refractivity contribution in [2.24, 2.45) is 5.92 Å². The molecule has 3 heterocycles. The van der Waals surface area contributed by atoms with E-state index in [4.69, 9.17) is 4.74 Å². The third kappa shape index (κ3) is 5.01. The quantitative estimate of drug-likeness (QED) is 0.575. The summed E-state index contributed by atoms with van der Waals surface area (Å²) in [6, 6.07) is 11.8. The maximum Gasteiger partial charge on any atom is 0.416 e. The number of aryl methyl sites for hydroxylation is 1. The molecule has 0 bridgehead atoms. The van der Waals surface area contributed by atoms with E-state index in [2.05, 4.69) is 15.1 Å². The summed E-state index contributed by atoms with van der Waals surface area (Å²) in [5.41, 5.74) is 2.74. The standard InChI is InChI=1S/C26H29F3N4O2/c1-18-15-33(24-6-5-20(13-23(18)24)26(27,28)29)22-4-2-3-21(14-22)32-16-19(17-32)25(34)30-7-8-31-9-11-35-12-10-31/h2-6,13-15,19H,7-12,16-17H2,1H3,(H,30,34). The highest BCUT2D eigenvalue weighted by molar-refractivity contribution is 5.86. The number of fused-ring (bicyclic) bond motifs is 1. The topological polar surface area (TPSA) is 49.7 Å². The Kier molecular flexibility index (Phi) is 6.46. The van der Waals surface area contributed by atoms with Crippen molar-refractivity contribution in [1.29, 1.82) is 0 Å². The second-order valence-electron chi connectivity index (χ2n) is 9.28. The average molecular weight is 487 g/mol. The van der Waals surface area contributed by atoms with E-state index in [1.165, 1.54) is 12.1 Å². The zero-order valence-electron chi connectivity index (χ0n) is 19.6. The second-order valence-corrected chi connectivity index (χ2v) is 9.28. The van der Waals surface area contributed by atoms with E-state index in [-0.39, 0.29) is 11.8 Å². The Morgan fingerprint density at radius 3 is 2.57 bits per heavy atom. The molecule has 2 fully saturated rings. The van der Waals surface area contributed by atoms with E-state index in [0.717, 1.165) is 61.4 Å². The Bertz CT molecular complexity index is 1210. The lowest BCUT2D eigenvalue weighted by Gasteiger charge is -2.40. The van der Waals surface area contributed by atoms with E-state index in [1.54, 1.807) is 0 Å². The van der Waals surface area contributed by atoms with Gasteiger partial charge in [-0.15, -0.1) is 0 Å². The maximum absolute atomic E-state index is 13.2. The van der Waals surface area contributed by atoms with Gasteiger partial charge in [-0.2, -0.15) is 13.2 Å². The average Bonchev–Trinajstić information content (AvgIpc) is 3.14. The molecule has 0 radical (unpaired) electrons. The largest absolute Gasteiger partial charge is 0.416 e. The van der Waals surface area contributed by atoms with Gasteiger partial charge in [0.05, 0.1) is 30.2 Å². The van der Waals surface area contributed by atoms with E-state index in [0.29, 0.717) is 25.0 Å². The Balaban J connectivity index is 1.22. The number of hydrogen-bond donors (Lipinski definition) is 1. The third-order valence-corrected chi connectivity index (χ3v) is 6.89. The molecular weight excluding hydrogens is 457 g/mol. The van der Waals surface area contributed by atoms with E-state index < -0.39 is 11.7 Å². The Morgan fingerprint density at radius 1 is 1.09 bits per heavy atom. The number of carbonyl (C=O) groups excluding carboxylic acids is 1. The highest BCUT2D eigenvalue weighted by Crippen LogP contribution is 2.34. The lowest BCUT2D eigenvalue weighted by molar-refractivity contribution is -0.137. The molecule has 0 saturated carbocycles. The van der Waals surface area contributed by atoms with Crippen LogP contribution < -0.4 is 10.2 Å². The Morgan fingerprint density at radius 2 is 1.83 bits per heavy atom. The molecule has 1 aromatic heterocycles. The van der Waals surface area contributed by atoms with Crippen LogP contribution in [0.1, 0.15) is 11.1 Å². The molecule has 0 atom stereocenters. The monoisotopic (exact) mass is 486 g/mol. The summed E-state index contributed by atoms with van der Waals surface area (Å²) in [7, 11) is 0. The highest BCUT2D eigenvalue weighted by Gasteiger charge is 2.33. The van der Waals surface area contributed by atoms with Crippen LogP contribution in [0.4, 0.5) is 18.9 Å². The maximum atomic E-state index is 13.2. The van der Waals surface area contributed by atoms with Gasteiger partial charge in [0, 0.05) is 62.2 Å². The first-order valence-electron chi connectivity index (χ1n) is 11.9. The van der Waals surface area contributed by atoms with Crippen molar-refractivity contribution in [3.63, 3.8) is 0 Å². The lowest BCUT2D eigenvalue weighted by atomic mass is 9.98. The summed E-state index contributed by atoms with van der Waals surface area (Å²) in [5, 5.41) is 3.63. The normalized spacial score (nSPS) is 17.5. The Labute approximate surface area is 202 Å². The number of carbonyl (C=O) groups is 1. The molecule has 1 amide bonds. The van der Waals surface area contributed by atoms with E-state index >= 15 is 0 Å². The fourth-order valence-electron chi connectivity index (χ4n) is 4.79. The fraction of sp³-hybridized carbons (Fsp3) is 0.423. The lowest BCUT2D eigenvalue weighted by Crippen LogP contribution is -2.54. The van der Waals surface area contributed by atoms with Gasteiger partial charge in [-0.1, -0.05) is 6.07 Å². The van der Waals surface area contributed by atoms with Crippen molar-refractivity contribution in [2.75, 3.05) is 57.4 Å². The third-order valence-electron chi connectivity index (χ3n) is 6.89. The molecule has 2 aliphatic rings. The van der Waals surface area contributed by atoms with Crippen molar-refractivity contribution in [1.82, 2.24) is 14.8 Å². The van der Waals surface area contributed by atoms with E-state index in [1.807, 2.05) is 42.0 Å². The molecule has 2 aliphatic heterocycles.